The van der Waals surface area contributed by atoms with Crippen molar-refractivity contribution in [2.24, 2.45) is 7.05 Å². The third kappa shape index (κ3) is 0.988. The summed E-state index contributed by atoms with van der Waals surface area (Å²) in [4.78, 5) is 0. The number of hydrogen-bond acceptors (Lipinski definition) is 1. The van der Waals surface area contributed by atoms with Gasteiger partial charge in [0.05, 0.1) is 7.05 Å². The zero-order valence-corrected chi connectivity index (χ0v) is 7.00. The summed E-state index contributed by atoms with van der Waals surface area (Å²) < 4.78 is 4.17. The lowest BCUT2D eigenvalue weighted by atomic mass is 10.7. The highest BCUT2D eigenvalue weighted by Crippen LogP contribution is 1.89. The highest BCUT2D eigenvalue weighted by Gasteiger charge is 2.08. The Hall–Kier alpha value is -0.990. The van der Waals surface area contributed by atoms with E-state index in [2.05, 4.69) is 16.2 Å². The smallest absolute Gasteiger partial charge is 0.250 e. The zero-order valence-electron chi connectivity index (χ0n) is 7.00. The molecule has 1 heterocycles. The first kappa shape index (κ1) is 7.12. The predicted molar refractivity (Wildman–Crippen MR) is 40.4 cm³/mol. The summed E-state index contributed by atoms with van der Waals surface area (Å²) in [5.41, 5.74) is 0. The van der Waals surface area contributed by atoms with Gasteiger partial charge in [-0.3, -0.25) is 0 Å². The van der Waals surface area contributed by atoms with E-state index in [1.807, 2.05) is 38.5 Å². The van der Waals surface area contributed by atoms with Gasteiger partial charge >= 0.3 is 0 Å². The van der Waals surface area contributed by atoms with E-state index in [1.54, 1.807) is 0 Å². The molecule has 0 saturated heterocycles. The van der Waals surface area contributed by atoms with Crippen LogP contribution >= 0.6 is 0 Å². The van der Waals surface area contributed by atoms with Crippen molar-refractivity contribution in [2.75, 3.05) is 19.1 Å². The van der Waals surface area contributed by atoms with E-state index in [0.717, 1.165) is 0 Å². The highest BCUT2D eigenvalue weighted by atomic mass is 15.5. The summed E-state index contributed by atoms with van der Waals surface area (Å²) in [6.07, 6.45) is 4.07. The van der Waals surface area contributed by atoms with Crippen LogP contribution in [0.15, 0.2) is 12.4 Å². The predicted octanol–water partition coefficient (Wildman–Crippen LogP) is -0.181. The maximum absolute atomic E-state index is 2.08. The molecule has 1 aromatic heterocycles. The second kappa shape index (κ2) is 2.33. The molecule has 0 bridgehead atoms. The first-order valence-corrected chi connectivity index (χ1v) is 3.34. The highest BCUT2D eigenvalue weighted by molar-refractivity contribution is 4.86. The van der Waals surface area contributed by atoms with Crippen LogP contribution < -0.4 is 9.58 Å². The Bertz CT molecular complexity index is 225. The quantitative estimate of drug-likeness (QED) is 0.493. The van der Waals surface area contributed by atoms with Crippen molar-refractivity contribution in [2.45, 2.75) is 6.92 Å². The number of imidazole rings is 1. The molecule has 1 aromatic rings. The van der Waals surface area contributed by atoms with Gasteiger partial charge in [0, 0.05) is 21.0 Å². The van der Waals surface area contributed by atoms with E-state index in [1.165, 1.54) is 5.82 Å². The molecule has 0 atom stereocenters. The number of hydrogen-bond donors (Lipinski definition) is 0. The summed E-state index contributed by atoms with van der Waals surface area (Å²) >= 11 is 0. The van der Waals surface area contributed by atoms with Gasteiger partial charge in [-0.25, -0.2) is 9.58 Å². The second-order valence-corrected chi connectivity index (χ2v) is 2.65. The van der Waals surface area contributed by atoms with Crippen LogP contribution in [0.5, 0.6) is 0 Å². The zero-order chi connectivity index (χ0) is 7.72. The van der Waals surface area contributed by atoms with Crippen LogP contribution in [0.2, 0.25) is 0 Å². The van der Waals surface area contributed by atoms with Gasteiger partial charge in [0.1, 0.15) is 6.20 Å². The van der Waals surface area contributed by atoms with Crippen molar-refractivity contribution in [3.63, 3.8) is 0 Å². The fourth-order valence-electron chi connectivity index (χ4n) is 0.963. The summed E-state index contributed by atoms with van der Waals surface area (Å²) in [5, 5.41) is 2.04. The van der Waals surface area contributed by atoms with Crippen LogP contribution in [0.25, 0.3) is 0 Å². The molecule has 56 valence electrons. The third-order valence-electron chi connectivity index (χ3n) is 1.70. The normalized spacial score (nSPS) is 10.0. The molecule has 0 saturated carbocycles. The maximum atomic E-state index is 2.08. The molecule has 0 aliphatic rings. The molecule has 0 aliphatic heterocycles. The van der Waals surface area contributed by atoms with Gasteiger partial charge in [0.2, 0.25) is 0 Å². The summed E-state index contributed by atoms with van der Waals surface area (Å²) in [5.74, 6) is 1.23. The monoisotopic (exact) mass is 140 g/mol. The summed E-state index contributed by atoms with van der Waals surface area (Å²) in [7, 11) is 6.08. The number of rotatable bonds is 1. The van der Waals surface area contributed by atoms with E-state index in [4.69, 9.17) is 0 Å². The molecular weight excluding hydrogens is 126 g/mol. The number of nitrogens with zero attached hydrogens (tertiary/aromatic N) is 3. The fourth-order valence-corrected chi connectivity index (χ4v) is 0.963. The largest absolute Gasteiger partial charge is 0.276 e. The molecule has 0 aromatic carbocycles. The topological polar surface area (TPSA) is 12.1 Å². The minimum Gasteiger partial charge on any atom is -0.250 e. The van der Waals surface area contributed by atoms with Gasteiger partial charge in [0.15, 0.2) is 6.20 Å². The Kier molecular flexibility index (Phi) is 1.66. The lowest BCUT2D eigenvalue weighted by molar-refractivity contribution is -0.677. The molecule has 0 fully saturated rings. The number of aromatic nitrogens is 2. The van der Waals surface area contributed by atoms with Crippen molar-refractivity contribution in [3.05, 3.63) is 18.2 Å². The van der Waals surface area contributed by atoms with Crippen LogP contribution in [-0.4, -0.2) is 18.8 Å². The average Bonchev–Trinajstić information content (AvgIpc) is 2.14. The van der Waals surface area contributed by atoms with Crippen LogP contribution in [0, 0.1) is 6.92 Å². The molecule has 0 N–H and O–H groups in total. The molecule has 0 unspecified atom stereocenters. The lowest BCUT2D eigenvalue weighted by Crippen LogP contribution is -2.34. The van der Waals surface area contributed by atoms with Crippen molar-refractivity contribution < 1.29 is 4.57 Å². The van der Waals surface area contributed by atoms with Gasteiger partial charge in [-0.15, -0.1) is 4.68 Å². The van der Waals surface area contributed by atoms with E-state index >= 15 is 0 Å². The third-order valence-corrected chi connectivity index (χ3v) is 1.70. The Morgan fingerprint density at radius 3 is 2.30 bits per heavy atom. The minimum absolute atomic E-state index is 1.23. The van der Waals surface area contributed by atoms with E-state index < -0.39 is 0 Å². The van der Waals surface area contributed by atoms with Crippen molar-refractivity contribution in [1.29, 1.82) is 0 Å². The van der Waals surface area contributed by atoms with Crippen molar-refractivity contribution >= 4 is 0 Å². The van der Waals surface area contributed by atoms with Crippen LogP contribution in [0.3, 0.4) is 0 Å². The first-order valence-electron chi connectivity index (χ1n) is 3.34. The Morgan fingerprint density at radius 1 is 1.50 bits per heavy atom. The fraction of sp³-hybridized carbons (Fsp3) is 0.571. The molecule has 3 nitrogen and oxygen atoms in total. The first-order chi connectivity index (χ1) is 4.63. The van der Waals surface area contributed by atoms with E-state index in [0.29, 0.717) is 0 Å². The average molecular weight is 140 g/mol. The molecule has 0 spiro atoms. The van der Waals surface area contributed by atoms with Gasteiger partial charge in [-0.2, -0.15) is 0 Å². The van der Waals surface area contributed by atoms with Crippen molar-refractivity contribution in [1.82, 2.24) is 4.68 Å². The molecule has 3 heteroatoms. The van der Waals surface area contributed by atoms with Gasteiger partial charge in [0.25, 0.3) is 5.82 Å². The molecular formula is C7H14N3+. The van der Waals surface area contributed by atoms with E-state index in [-0.39, 0.29) is 0 Å². The standard InChI is InChI=1S/C7H14N3/c1-7-9(4)5-6-10(7)8(2)3/h5-6H,1-4H3/q+1. The summed E-state index contributed by atoms with van der Waals surface area (Å²) in [6, 6.07) is 0. The van der Waals surface area contributed by atoms with Crippen molar-refractivity contribution in [3.8, 4) is 0 Å². The molecule has 1 rings (SSSR count). The maximum Gasteiger partial charge on any atom is 0.276 e. The van der Waals surface area contributed by atoms with Gasteiger partial charge < -0.3 is 0 Å². The Morgan fingerprint density at radius 2 is 2.10 bits per heavy atom. The minimum atomic E-state index is 1.23. The Balaban J connectivity index is 3.05. The lowest BCUT2D eigenvalue weighted by Gasteiger charge is -2.07. The van der Waals surface area contributed by atoms with Gasteiger partial charge in [-0.1, -0.05) is 0 Å². The Labute approximate surface area is 61.5 Å². The number of aryl methyl sites for hydroxylation is 1. The molecule has 0 aliphatic carbocycles. The molecule has 10 heavy (non-hydrogen) atoms. The van der Waals surface area contributed by atoms with Crippen LogP contribution in [-0.2, 0) is 7.05 Å². The van der Waals surface area contributed by atoms with Crippen LogP contribution in [0.1, 0.15) is 5.82 Å². The molecule has 0 radical (unpaired) electrons. The van der Waals surface area contributed by atoms with E-state index in [9.17, 15) is 0 Å². The van der Waals surface area contributed by atoms with Crippen LogP contribution in [0.4, 0.5) is 0 Å². The SMILES string of the molecule is Cc1n(N(C)C)cc[n+]1C. The second-order valence-electron chi connectivity index (χ2n) is 2.65. The van der Waals surface area contributed by atoms with Gasteiger partial charge in [-0.05, 0) is 0 Å². The summed E-state index contributed by atoms with van der Waals surface area (Å²) in [6.45, 7) is 2.08. The molecule has 0 amide bonds.